The number of halogens is 3. The summed E-state index contributed by atoms with van der Waals surface area (Å²) >= 11 is 0. The molecule has 1 aliphatic heterocycles. The Hall–Kier alpha value is -3.36. The monoisotopic (exact) mass is 469 g/mol. The quantitative estimate of drug-likeness (QED) is 0.523. The summed E-state index contributed by atoms with van der Waals surface area (Å²) < 4.78 is 47.2. The molecule has 2 N–H and O–H groups in total. The maximum Gasteiger partial charge on any atom is 0.408 e. The highest BCUT2D eigenvalue weighted by atomic mass is 19.2. The van der Waals surface area contributed by atoms with Crippen molar-refractivity contribution in [3.63, 3.8) is 0 Å². The molecule has 5 rings (SSSR count). The Bertz CT molecular complexity index is 1180. The maximum absolute atomic E-state index is 13.9. The molecule has 1 aliphatic carbocycles. The van der Waals surface area contributed by atoms with E-state index in [1.807, 2.05) is 48.5 Å². The predicted octanol–water partition coefficient (Wildman–Crippen LogP) is 5.09. The normalized spacial score (nSPS) is 21.9. The van der Waals surface area contributed by atoms with Crippen LogP contribution in [0.3, 0.4) is 0 Å². The van der Waals surface area contributed by atoms with Crippen molar-refractivity contribution < 1.29 is 32.9 Å². The van der Waals surface area contributed by atoms with E-state index in [4.69, 9.17) is 4.74 Å². The van der Waals surface area contributed by atoms with Crippen LogP contribution in [0.4, 0.5) is 18.0 Å². The average molecular weight is 469 g/mol. The smallest absolute Gasteiger partial charge is 0.408 e. The summed E-state index contributed by atoms with van der Waals surface area (Å²) in [6.45, 7) is -0.733. The Morgan fingerprint density at radius 2 is 1.53 bits per heavy atom. The van der Waals surface area contributed by atoms with Crippen LogP contribution in [0.15, 0.2) is 60.7 Å². The largest absolute Gasteiger partial charge is 0.465 e. The maximum atomic E-state index is 13.9. The van der Waals surface area contributed by atoms with Gasteiger partial charge in [0.1, 0.15) is 0 Å². The number of nitrogens with zero attached hydrogens (tertiary/aromatic N) is 1. The minimum Gasteiger partial charge on any atom is -0.465 e. The van der Waals surface area contributed by atoms with Crippen LogP contribution in [0.5, 0.6) is 0 Å². The molecule has 1 heterocycles. The summed E-state index contributed by atoms with van der Waals surface area (Å²) in [5.74, 6) is -4.53. The van der Waals surface area contributed by atoms with Crippen molar-refractivity contribution in [1.82, 2.24) is 4.90 Å². The number of carboxylic acid groups (broad SMARTS) is 1. The van der Waals surface area contributed by atoms with E-state index in [0.717, 1.165) is 39.3 Å². The second-order valence-corrected chi connectivity index (χ2v) is 8.59. The van der Waals surface area contributed by atoms with Gasteiger partial charge in [0, 0.05) is 5.92 Å². The van der Waals surface area contributed by atoms with Gasteiger partial charge in [-0.25, -0.2) is 18.0 Å². The molecule has 0 radical (unpaired) electrons. The standard InChI is InChI=1S/C26H22F3NO4/c27-20-9-14(10-21(28)25(20)29)23-13-34-24(22(12-31)30(23)26(32)33)11-19-17-7-3-1-5-15(17)16-6-2-4-8-18(16)19/h1-10,19,22-24,31H,11-13H2,(H,32,33)/t22-,23-,24?/m0/s1. The fourth-order valence-electron chi connectivity index (χ4n) is 5.29. The first-order valence-corrected chi connectivity index (χ1v) is 11.0. The van der Waals surface area contributed by atoms with Gasteiger partial charge in [0.2, 0.25) is 0 Å². The molecule has 0 bridgehead atoms. The molecule has 5 nitrogen and oxygen atoms in total. The van der Waals surface area contributed by atoms with Crippen LogP contribution in [0.1, 0.15) is 35.1 Å². The van der Waals surface area contributed by atoms with E-state index >= 15 is 0 Å². The Morgan fingerprint density at radius 1 is 0.971 bits per heavy atom. The minimum atomic E-state index is -1.63. The lowest BCUT2D eigenvalue weighted by Gasteiger charge is -2.45. The van der Waals surface area contributed by atoms with Gasteiger partial charge < -0.3 is 14.9 Å². The number of carbonyl (C=O) groups is 1. The SMILES string of the molecule is O=C(O)N1[C@H](c2cc(F)c(F)c(F)c2)COC(CC2c3ccccc3-c3ccccc32)[C@@H]1CO. The van der Waals surface area contributed by atoms with Crippen LogP contribution in [-0.2, 0) is 4.74 Å². The molecular formula is C26H22F3NO4. The Labute approximate surface area is 194 Å². The molecule has 1 amide bonds. The van der Waals surface area contributed by atoms with E-state index in [0.29, 0.717) is 6.42 Å². The molecule has 1 unspecified atom stereocenters. The zero-order valence-electron chi connectivity index (χ0n) is 18.0. The Balaban J connectivity index is 1.48. The second kappa shape index (κ2) is 8.77. The highest BCUT2D eigenvalue weighted by Crippen LogP contribution is 2.48. The number of fused-ring (bicyclic) bond motifs is 3. The fourth-order valence-corrected chi connectivity index (χ4v) is 5.29. The van der Waals surface area contributed by atoms with Gasteiger partial charge in [-0.15, -0.1) is 0 Å². The first-order chi connectivity index (χ1) is 16.4. The third-order valence-corrected chi connectivity index (χ3v) is 6.82. The predicted molar refractivity (Wildman–Crippen MR) is 118 cm³/mol. The van der Waals surface area contributed by atoms with Crippen molar-refractivity contribution in [3.05, 3.63) is 94.8 Å². The summed E-state index contributed by atoms with van der Waals surface area (Å²) in [4.78, 5) is 13.2. The van der Waals surface area contributed by atoms with Crippen molar-refractivity contribution in [2.45, 2.75) is 30.5 Å². The summed E-state index contributed by atoms with van der Waals surface area (Å²) in [6, 6.07) is 15.4. The van der Waals surface area contributed by atoms with E-state index in [1.54, 1.807) is 0 Å². The summed E-state index contributed by atoms with van der Waals surface area (Å²) in [7, 11) is 0. The van der Waals surface area contributed by atoms with Crippen molar-refractivity contribution in [1.29, 1.82) is 0 Å². The summed E-state index contributed by atoms with van der Waals surface area (Å²) in [5, 5.41) is 20.1. The molecule has 0 spiro atoms. The lowest BCUT2D eigenvalue weighted by molar-refractivity contribution is -0.109. The first kappa shape index (κ1) is 22.4. The highest BCUT2D eigenvalue weighted by molar-refractivity contribution is 5.78. The third kappa shape index (κ3) is 3.63. The van der Waals surface area contributed by atoms with E-state index in [9.17, 15) is 28.2 Å². The third-order valence-electron chi connectivity index (χ3n) is 6.82. The molecular weight excluding hydrogens is 447 g/mol. The molecule has 1 saturated heterocycles. The molecule has 0 saturated carbocycles. The van der Waals surface area contributed by atoms with Gasteiger partial charge in [0.15, 0.2) is 17.5 Å². The van der Waals surface area contributed by atoms with Crippen LogP contribution >= 0.6 is 0 Å². The molecule has 3 atom stereocenters. The van der Waals surface area contributed by atoms with Gasteiger partial charge in [-0.1, -0.05) is 48.5 Å². The van der Waals surface area contributed by atoms with Gasteiger partial charge in [-0.3, -0.25) is 4.90 Å². The van der Waals surface area contributed by atoms with Gasteiger partial charge in [-0.2, -0.15) is 0 Å². The number of hydrogen-bond acceptors (Lipinski definition) is 3. The number of aliphatic hydroxyl groups is 1. The van der Waals surface area contributed by atoms with Gasteiger partial charge >= 0.3 is 6.09 Å². The lowest BCUT2D eigenvalue weighted by atomic mass is 9.87. The topological polar surface area (TPSA) is 70.0 Å². The number of aliphatic hydroxyl groups excluding tert-OH is 1. The fraction of sp³-hybridized carbons (Fsp3) is 0.269. The van der Waals surface area contributed by atoms with Crippen LogP contribution in [-0.4, -0.2) is 46.6 Å². The average Bonchev–Trinajstić information content (AvgIpc) is 3.15. The second-order valence-electron chi connectivity index (χ2n) is 8.59. The van der Waals surface area contributed by atoms with Crippen LogP contribution in [0.2, 0.25) is 0 Å². The van der Waals surface area contributed by atoms with Crippen LogP contribution < -0.4 is 0 Å². The number of morpholine rings is 1. The lowest BCUT2D eigenvalue weighted by Crippen LogP contribution is -2.56. The molecule has 3 aromatic rings. The van der Waals surface area contributed by atoms with Crippen LogP contribution in [0, 0.1) is 17.5 Å². The molecule has 1 fully saturated rings. The van der Waals surface area contributed by atoms with E-state index in [2.05, 4.69) is 0 Å². The first-order valence-electron chi connectivity index (χ1n) is 11.0. The van der Waals surface area contributed by atoms with Crippen molar-refractivity contribution in [2.24, 2.45) is 0 Å². The number of ether oxygens (including phenoxy) is 1. The zero-order valence-corrected chi connectivity index (χ0v) is 18.0. The van der Waals surface area contributed by atoms with E-state index in [1.165, 1.54) is 0 Å². The Kier molecular flexibility index (Phi) is 5.79. The summed E-state index contributed by atoms with van der Waals surface area (Å²) in [5.41, 5.74) is 4.31. The van der Waals surface area contributed by atoms with Crippen molar-refractivity contribution in [2.75, 3.05) is 13.2 Å². The van der Waals surface area contributed by atoms with Gasteiger partial charge in [-0.05, 0) is 46.4 Å². The molecule has 2 aliphatic rings. The molecule has 0 aromatic heterocycles. The highest BCUT2D eigenvalue weighted by Gasteiger charge is 2.44. The zero-order chi connectivity index (χ0) is 24.0. The van der Waals surface area contributed by atoms with Crippen molar-refractivity contribution >= 4 is 6.09 Å². The van der Waals surface area contributed by atoms with E-state index in [-0.39, 0.29) is 18.1 Å². The Morgan fingerprint density at radius 3 is 2.06 bits per heavy atom. The van der Waals surface area contributed by atoms with Gasteiger partial charge in [0.05, 0.1) is 31.4 Å². The minimum absolute atomic E-state index is 0.0700. The number of hydrogen-bond donors (Lipinski definition) is 2. The van der Waals surface area contributed by atoms with Crippen LogP contribution in [0.25, 0.3) is 11.1 Å². The van der Waals surface area contributed by atoms with E-state index < -0.39 is 48.3 Å². The molecule has 8 heteroatoms. The number of benzene rings is 3. The molecule has 34 heavy (non-hydrogen) atoms. The number of amides is 1. The molecule has 176 valence electrons. The number of rotatable bonds is 4. The van der Waals surface area contributed by atoms with Crippen molar-refractivity contribution in [3.8, 4) is 11.1 Å². The summed E-state index contributed by atoms with van der Waals surface area (Å²) in [6.07, 6.45) is -1.63. The van der Waals surface area contributed by atoms with Gasteiger partial charge in [0.25, 0.3) is 0 Å². The molecule has 3 aromatic carbocycles.